The molecule has 2 aromatic heterocycles. The lowest BCUT2D eigenvalue weighted by molar-refractivity contribution is 0.556. The van der Waals surface area contributed by atoms with Crippen LogP contribution in [0.15, 0.2) is 11.6 Å². The summed E-state index contributed by atoms with van der Waals surface area (Å²) in [5.74, 6) is 0. The molecular formula is C16H24N4S. The normalized spacial score (nSPS) is 17.2. The Labute approximate surface area is 130 Å². The van der Waals surface area contributed by atoms with Crippen LogP contribution in [-0.4, -0.2) is 20.8 Å². The fourth-order valence-corrected chi connectivity index (χ4v) is 3.46. The predicted octanol–water partition coefficient (Wildman–Crippen LogP) is 3.32. The molecule has 1 N–H and O–H groups in total. The van der Waals surface area contributed by atoms with E-state index in [1.807, 2.05) is 17.9 Å². The minimum absolute atomic E-state index is 0.100. The molecule has 0 radical (unpaired) electrons. The fourth-order valence-electron chi connectivity index (χ4n) is 2.34. The molecule has 2 aromatic rings. The molecular weight excluding hydrogens is 280 g/mol. The molecule has 1 atom stereocenters. The average Bonchev–Trinajstić information content (AvgIpc) is 2.97. The van der Waals surface area contributed by atoms with Crippen molar-refractivity contribution in [2.75, 3.05) is 0 Å². The highest BCUT2D eigenvalue weighted by molar-refractivity contribution is 7.09. The zero-order valence-corrected chi connectivity index (χ0v) is 14.3. The zero-order chi connectivity index (χ0) is 15.2. The van der Waals surface area contributed by atoms with Gasteiger partial charge in [0.2, 0.25) is 0 Å². The van der Waals surface area contributed by atoms with E-state index in [1.165, 1.54) is 29.8 Å². The van der Waals surface area contributed by atoms with E-state index in [0.29, 0.717) is 6.04 Å². The molecule has 21 heavy (non-hydrogen) atoms. The third kappa shape index (κ3) is 3.04. The highest BCUT2D eigenvalue weighted by atomic mass is 32.1. The molecule has 1 aliphatic rings. The van der Waals surface area contributed by atoms with Crippen molar-refractivity contribution in [3.05, 3.63) is 33.5 Å². The van der Waals surface area contributed by atoms with E-state index in [0.717, 1.165) is 5.01 Å². The first-order chi connectivity index (χ1) is 9.86. The third-order valence-corrected chi connectivity index (χ3v) is 5.01. The molecule has 5 heteroatoms. The number of thiazole rings is 1. The van der Waals surface area contributed by atoms with E-state index in [9.17, 15) is 0 Å². The summed E-state index contributed by atoms with van der Waals surface area (Å²) in [7, 11) is 2.00. The molecule has 0 spiro atoms. The van der Waals surface area contributed by atoms with Gasteiger partial charge in [-0.05, 0) is 19.8 Å². The summed E-state index contributed by atoms with van der Waals surface area (Å²) in [6.07, 6.45) is 4.52. The molecule has 1 unspecified atom stereocenters. The Morgan fingerprint density at radius 1 is 1.38 bits per heavy atom. The van der Waals surface area contributed by atoms with Crippen molar-refractivity contribution in [2.24, 2.45) is 7.05 Å². The minimum Gasteiger partial charge on any atom is -0.301 e. The highest BCUT2D eigenvalue weighted by Gasteiger charge is 2.30. The molecule has 0 aromatic carbocycles. The van der Waals surface area contributed by atoms with E-state index in [2.05, 4.69) is 43.5 Å². The second-order valence-corrected chi connectivity index (χ2v) is 7.89. The van der Waals surface area contributed by atoms with Crippen LogP contribution in [-0.2, 0) is 12.5 Å². The minimum atomic E-state index is 0.100. The highest BCUT2D eigenvalue weighted by Crippen LogP contribution is 2.33. The van der Waals surface area contributed by atoms with Gasteiger partial charge in [0.1, 0.15) is 5.01 Å². The van der Waals surface area contributed by atoms with Crippen molar-refractivity contribution < 1.29 is 0 Å². The lowest BCUT2D eigenvalue weighted by Gasteiger charge is -2.17. The first-order valence-electron chi connectivity index (χ1n) is 7.56. The van der Waals surface area contributed by atoms with Gasteiger partial charge in [0.25, 0.3) is 0 Å². The molecule has 2 heterocycles. The Hall–Kier alpha value is -1.20. The van der Waals surface area contributed by atoms with E-state index >= 15 is 0 Å². The molecule has 0 saturated heterocycles. The Kier molecular flexibility index (Phi) is 3.66. The lowest BCUT2D eigenvalue weighted by Crippen LogP contribution is -2.25. The predicted molar refractivity (Wildman–Crippen MR) is 86.8 cm³/mol. The molecule has 3 rings (SSSR count). The fraction of sp³-hybridized carbons (Fsp3) is 0.625. The van der Waals surface area contributed by atoms with Gasteiger partial charge in [-0.3, -0.25) is 4.68 Å². The van der Waals surface area contributed by atoms with Crippen LogP contribution in [0.2, 0.25) is 0 Å². The van der Waals surface area contributed by atoms with Crippen LogP contribution in [0.5, 0.6) is 0 Å². The van der Waals surface area contributed by atoms with E-state index in [1.54, 1.807) is 11.3 Å². The number of rotatable bonds is 4. The summed E-state index contributed by atoms with van der Waals surface area (Å²) in [6.45, 7) is 8.77. The van der Waals surface area contributed by atoms with Crippen LogP contribution in [0, 0.1) is 6.92 Å². The monoisotopic (exact) mass is 304 g/mol. The third-order valence-electron chi connectivity index (χ3n) is 4.10. The van der Waals surface area contributed by atoms with E-state index < -0.39 is 0 Å². The van der Waals surface area contributed by atoms with Gasteiger partial charge < -0.3 is 5.32 Å². The van der Waals surface area contributed by atoms with Gasteiger partial charge in [-0.1, -0.05) is 20.8 Å². The SMILES string of the molecule is Cc1c(C(NC2CC2)c2nc(C(C)(C)C)cs2)cnn1C. The molecule has 0 amide bonds. The largest absolute Gasteiger partial charge is 0.301 e. The van der Waals surface area contributed by atoms with Crippen LogP contribution < -0.4 is 5.32 Å². The van der Waals surface area contributed by atoms with Gasteiger partial charge in [0, 0.05) is 35.1 Å². The number of aryl methyl sites for hydroxylation is 1. The molecule has 0 bridgehead atoms. The molecule has 0 aliphatic heterocycles. The standard InChI is InChI=1S/C16H24N4S/c1-10-12(8-17-20(10)5)14(18-11-6-7-11)15-19-13(9-21-15)16(2,3)4/h8-9,11,14,18H,6-7H2,1-5H3. The van der Waals surface area contributed by atoms with Gasteiger partial charge >= 0.3 is 0 Å². The van der Waals surface area contributed by atoms with Gasteiger partial charge in [0.05, 0.1) is 17.9 Å². The first-order valence-corrected chi connectivity index (χ1v) is 8.44. The smallest absolute Gasteiger partial charge is 0.115 e. The molecule has 1 fully saturated rings. The van der Waals surface area contributed by atoms with Crippen LogP contribution >= 0.6 is 11.3 Å². The Bertz CT molecular complexity index is 631. The summed E-state index contributed by atoms with van der Waals surface area (Å²) >= 11 is 1.76. The van der Waals surface area contributed by atoms with Gasteiger partial charge in [-0.25, -0.2) is 4.98 Å². The maximum Gasteiger partial charge on any atom is 0.115 e. The Balaban J connectivity index is 1.95. The van der Waals surface area contributed by atoms with Crippen LogP contribution in [0.25, 0.3) is 0 Å². The summed E-state index contributed by atoms with van der Waals surface area (Å²) in [5.41, 5.74) is 3.73. The van der Waals surface area contributed by atoms with Gasteiger partial charge in [0.15, 0.2) is 0 Å². The quantitative estimate of drug-likeness (QED) is 0.942. The van der Waals surface area contributed by atoms with Crippen molar-refractivity contribution >= 4 is 11.3 Å². The topological polar surface area (TPSA) is 42.7 Å². The van der Waals surface area contributed by atoms with Crippen LogP contribution in [0.1, 0.15) is 61.6 Å². The molecule has 1 saturated carbocycles. The number of hydrogen-bond acceptors (Lipinski definition) is 4. The van der Waals surface area contributed by atoms with Crippen molar-refractivity contribution in [3.8, 4) is 0 Å². The van der Waals surface area contributed by atoms with Gasteiger partial charge in [-0.2, -0.15) is 5.10 Å². The summed E-state index contributed by atoms with van der Waals surface area (Å²) < 4.78 is 1.94. The molecule has 114 valence electrons. The van der Waals surface area contributed by atoms with Crippen LogP contribution in [0.4, 0.5) is 0 Å². The van der Waals surface area contributed by atoms with Gasteiger partial charge in [-0.15, -0.1) is 11.3 Å². The number of nitrogens with zero attached hydrogens (tertiary/aromatic N) is 3. The average molecular weight is 304 g/mol. The second kappa shape index (κ2) is 5.21. The number of aromatic nitrogens is 3. The maximum absolute atomic E-state index is 4.91. The van der Waals surface area contributed by atoms with Crippen molar-refractivity contribution in [2.45, 2.75) is 58.0 Å². The van der Waals surface area contributed by atoms with Crippen molar-refractivity contribution in [1.82, 2.24) is 20.1 Å². The molecule has 4 nitrogen and oxygen atoms in total. The second-order valence-electron chi connectivity index (χ2n) is 7.00. The van der Waals surface area contributed by atoms with Crippen molar-refractivity contribution in [1.29, 1.82) is 0 Å². The van der Waals surface area contributed by atoms with Crippen molar-refractivity contribution in [3.63, 3.8) is 0 Å². The first kappa shape index (κ1) is 14.7. The summed E-state index contributed by atoms with van der Waals surface area (Å²) in [5, 5.41) is 11.5. The maximum atomic E-state index is 4.91. The summed E-state index contributed by atoms with van der Waals surface area (Å²) in [4.78, 5) is 4.91. The zero-order valence-electron chi connectivity index (χ0n) is 13.5. The molecule has 1 aliphatic carbocycles. The van der Waals surface area contributed by atoms with E-state index in [-0.39, 0.29) is 11.5 Å². The van der Waals surface area contributed by atoms with Crippen LogP contribution in [0.3, 0.4) is 0 Å². The number of hydrogen-bond donors (Lipinski definition) is 1. The van der Waals surface area contributed by atoms with E-state index in [4.69, 9.17) is 4.98 Å². The number of nitrogens with one attached hydrogen (secondary N) is 1. The Morgan fingerprint density at radius 3 is 2.57 bits per heavy atom. The summed E-state index contributed by atoms with van der Waals surface area (Å²) in [6, 6.07) is 0.809. The Morgan fingerprint density at radius 2 is 2.10 bits per heavy atom. The lowest BCUT2D eigenvalue weighted by atomic mass is 9.93.